The quantitative estimate of drug-likeness (QED) is 0.565. The molecule has 0 spiro atoms. The van der Waals surface area contributed by atoms with Crippen LogP contribution in [0.15, 0.2) is 42.5 Å². The fourth-order valence-electron chi connectivity index (χ4n) is 4.24. The average molecular weight is 423 g/mol. The van der Waals surface area contributed by atoms with E-state index in [-0.39, 0.29) is 23.7 Å². The van der Waals surface area contributed by atoms with Crippen LogP contribution in [0.2, 0.25) is 0 Å². The van der Waals surface area contributed by atoms with Crippen LogP contribution in [0.1, 0.15) is 35.2 Å². The molecule has 0 atom stereocenters. The second-order valence-electron chi connectivity index (χ2n) is 7.81. The number of para-hydroxylation sites is 1. The van der Waals surface area contributed by atoms with E-state index < -0.39 is 10.8 Å². The van der Waals surface area contributed by atoms with Crippen molar-refractivity contribution in [1.29, 1.82) is 0 Å². The molecule has 1 fully saturated rings. The SMILES string of the molecule is O=C(CN1CCCc2ccccc21)NNC(=O)c1cc([N+](=O)[O-])ccc1N1CCCC1. The smallest absolute Gasteiger partial charge is 0.272 e. The van der Waals surface area contributed by atoms with Crippen LogP contribution in [0.3, 0.4) is 0 Å². The van der Waals surface area contributed by atoms with Crippen LogP contribution in [-0.2, 0) is 11.2 Å². The van der Waals surface area contributed by atoms with Gasteiger partial charge in [-0.05, 0) is 43.4 Å². The van der Waals surface area contributed by atoms with E-state index in [1.165, 1.54) is 17.7 Å². The summed E-state index contributed by atoms with van der Waals surface area (Å²) in [5.74, 6) is -0.920. The third kappa shape index (κ3) is 4.60. The molecule has 2 amide bonds. The van der Waals surface area contributed by atoms with Crippen molar-refractivity contribution in [2.24, 2.45) is 0 Å². The molecule has 2 aliphatic heterocycles. The number of fused-ring (bicyclic) bond motifs is 1. The molecule has 0 radical (unpaired) electrons. The molecule has 0 aliphatic carbocycles. The molecule has 162 valence electrons. The van der Waals surface area contributed by atoms with Gasteiger partial charge in [0, 0.05) is 37.5 Å². The summed E-state index contributed by atoms with van der Waals surface area (Å²) in [5, 5.41) is 11.2. The summed E-state index contributed by atoms with van der Waals surface area (Å²) in [6.45, 7) is 2.46. The lowest BCUT2D eigenvalue weighted by atomic mass is 10.0. The Morgan fingerprint density at radius 2 is 1.74 bits per heavy atom. The molecular formula is C22H25N5O4. The molecule has 9 heteroatoms. The highest BCUT2D eigenvalue weighted by molar-refractivity contribution is 6.01. The zero-order valence-corrected chi connectivity index (χ0v) is 17.2. The summed E-state index contributed by atoms with van der Waals surface area (Å²) >= 11 is 0. The number of hydrogen-bond acceptors (Lipinski definition) is 6. The van der Waals surface area contributed by atoms with Crippen molar-refractivity contribution in [3.63, 3.8) is 0 Å². The Morgan fingerprint density at radius 1 is 0.968 bits per heavy atom. The van der Waals surface area contributed by atoms with Gasteiger partial charge in [-0.3, -0.25) is 30.6 Å². The zero-order chi connectivity index (χ0) is 21.8. The molecule has 31 heavy (non-hydrogen) atoms. The topological polar surface area (TPSA) is 108 Å². The van der Waals surface area contributed by atoms with Crippen LogP contribution in [0, 0.1) is 10.1 Å². The summed E-state index contributed by atoms with van der Waals surface area (Å²) in [5.41, 5.74) is 7.78. The summed E-state index contributed by atoms with van der Waals surface area (Å²) in [6.07, 6.45) is 3.96. The van der Waals surface area contributed by atoms with Gasteiger partial charge in [-0.2, -0.15) is 0 Å². The monoisotopic (exact) mass is 423 g/mol. The van der Waals surface area contributed by atoms with E-state index in [1.807, 2.05) is 28.0 Å². The number of hydrazine groups is 1. The number of carbonyl (C=O) groups excluding carboxylic acids is 2. The van der Waals surface area contributed by atoms with Crippen molar-refractivity contribution in [2.45, 2.75) is 25.7 Å². The number of nitrogens with one attached hydrogen (secondary N) is 2. The number of non-ortho nitro benzene ring substituents is 1. The van der Waals surface area contributed by atoms with Crippen LogP contribution in [0.5, 0.6) is 0 Å². The third-order valence-electron chi connectivity index (χ3n) is 5.74. The molecular weight excluding hydrogens is 398 g/mol. The van der Waals surface area contributed by atoms with Crippen molar-refractivity contribution >= 4 is 28.9 Å². The molecule has 2 N–H and O–H groups in total. The summed E-state index contributed by atoms with van der Waals surface area (Å²) in [4.78, 5) is 40.0. The predicted octanol–water partition coefficient (Wildman–Crippen LogP) is 2.41. The first kappa shape index (κ1) is 20.6. The Kier molecular flexibility index (Phi) is 6.01. The fraction of sp³-hybridized carbons (Fsp3) is 0.364. The number of nitro groups is 1. The maximum Gasteiger partial charge on any atom is 0.272 e. The van der Waals surface area contributed by atoms with Gasteiger partial charge in [0.15, 0.2) is 0 Å². The van der Waals surface area contributed by atoms with E-state index in [4.69, 9.17) is 0 Å². The Balaban J connectivity index is 1.43. The molecule has 0 unspecified atom stereocenters. The fourth-order valence-corrected chi connectivity index (χ4v) is 4.24. The number of hydrogen-bond donors (Lipinski definition) is 2. The van der Waals surface area contributed by atoms with Gasteiger partial charge in [0.25, 0.3) is 17.5 Å². The van der Waals surface area contributed by atoms with Crippen LogP contribution in [-0.4, -0.2) is 42.9 Å². The molecule has 2 aromatic carbocycles. The first-order chi connectivity index (χ1) is 15.0. The van der Waals surface area contributed by atoms with Crippen molar-refractivity contribution in [2.75, 3.05) is 36.0 Å². The standard InChI is InChI=1S/C22H25N5O4/c28-21(15-26-13-5-7-16-6-1-2-8-19(16)26)23-24-22(29)18-14-17(27(30)31)9-10-20(18)25-11-3-4-12-25/h1-2,6,8-10,14H,3-5,7,11-13,15H2,(H,23,28)(H,24,29). The van der Waals surface area contributed by atoms with Crippen molar-refractivity contribution in [3.8, 4) is 0 Å². The minimum Gasteiger partial charge on any atom is -0.371 e. The van der Waals surface area contributed by atoms with E-state index in [9.17, 15) is 19.7 Å². The number of carbonyl (C=O) groups is 2. The van der Waals surface area contributed by atoms with Gasteiger partial charge in [0.1, 0.15) is 0 Å². The number of anilines is 2. The first-order valence-corrected chi connectivity index (χ1v) is 10.5. The number of nitro benzene ring substituents is 1. The Morgan fingerprint density at radius 3 is 2.52 bits per heavy atom. The van der Waals surface area contributed by atoms with Crippen LogP contribution >= 0.6 is 0 Å². The summed E-state index contributed by atoms with van der Waals surface area (Å²) in [6, 6.07) is 12.2. The van der Waals surface area contributed by atoms with Crippen LogP contribution in [0.25, 0.3) is 0 Å². The largest absolute Gasteiger partial charge is 0.371 e. The molecule has 2 heterocycles. The highest BCUT2D eigenvalue weighted by Crippen LogP contribution is 2.28. The maximum atomic E-state index is 12.8. The van der Waals surface area contributed by atoms with Crippen LogP contribution in [0.4, 0.5) is 17.1 Å². The second kappa shape index (κ2) is 9.03. The Labute approximate surface area is 180 Å². The highest BCUT2D eigenvalue weighted by atomic mass is 16.6. The Hall–Kier alpha value is -3.62. The number of rotatable bonds is 5. The molecule has 0 saturated carbocycles. The normalized spacial score (nSPS) is 15.4. The minimum absolute atomic E-state index is 0.116. The number of benzene rings is 2. The van der Waals surface area contributed by atoms with E-state index in [2.05, 4.69) is 16.9 Å². The molecule has 1 saturated heterocycles. The molecule has 4 rings (SSSR count). The second-order valence-corrected chi connectivity index (χ2v) is 7.81. The van der Waals surface area contributed by atoms with Gasteiger partial charge in [-0.25, -0.2) is 0 Å². The lowest BCUT2D eigenvalue weighted by Gasteiger charge is -2.30. The van der Waals surface area contributed by atoms with Crippen molar-refractivity contribution in [1.82, 2.24) is 10.9 Å². The molecule has 2 aromatic rings. The lowest BCUT2D eigenvalue weighted by molar-refractivity contribution is -0.384. The van der Waals surface area contributed by atoms with Gasteiger partial charge in [0.2, 0.25) is 0 Å². The first-order valence-electron chi connectivity index (χ1n) is 10.5. The average Bonchev–Trinajstić information content (AvgIpc) is 3.32. The van der Waals surface area contributed by atoms with E-state index >= 15 is 0 Å². The number of aryl methyl sites for hydroxylation is 1. The van der Waals surface area contributed by atoms with Gasteiger partial charge < -0.3 is 9.80 Å². The van der Waals surface area contributed by atoms with Crippen molar-refractivity contribution in [3.05, 3.63) is 63.7 Å². The molecule has 0 aromatic heterocycles. The highest BCUT2D eigenvalue weighted by Gasteiger charge is 2.23. The summed E-state index contributed by atoms with van der Waals surface area (Å²) in [7, 11) is 0. The van der Waals surface area contributed by atoms with E-state index in [1.54, 1.807) is 6.07 Å². The van der Waals surface area contributed by atoms with E-state index in [0.717, 1.165) is 51.0 Å². The zero-order valence-electron chi connectivity index (χ0n) is 17.2. The molecule has 0 bridgehead atoms. The minimum atomic E-state index is -0.571. The molecule has 9 nitrogen and oxygen atoms in total. The molecule has 2 aliphatic rings. The van der Waals surface area contributed by atoms with Gasteiger partial charge in [0.05, 0.1) is 22.7 Å². The summed E-state index contributed by atoms with van der Waals surface area (Å²) < 4.78 is 0. The van der Waals surface area contributed by atoms with Crippen LogP contribution < -0.4 is 20.7 Å². The maximum absolute atomic E-state index is 12.8. The number of nitrogens with zero attached hydrogens (tertiary/aromatic N) is 3. The third-order valence-corrected chi connectivity index (χ3v) is 5.74. The number of amides is 2. The van der Waals surface area contributed by atoms with Gasteiger partial charge in [-0.15, -0.1) is 0 Å². The lowest BCUT2D eigenvalue weighted by Crippen LogP contribution is -2.47. The predicted molar refractivity (Wildman–Crippen MR) is 117 cm³/mol. The van der Waals surface area contributed by atoms with Gasteiger partial charge >= 0.3 is 0 Å². The van der Waals surface area contributed by atoms with Gasteiger partial charge in [-0.1, -0.05) is 18.2 Å². The Bertz CT molecular complexity index is 1000. The van der Waals surface area contributed by atoms with Crippen molar-refractivity contribution < 1.29 is 14.5 Å². The van der Waals surface area contributed by atoms with E-state index in [0.29, 0.717) is 5.69 Å².